The Kier molecular flexibility index (Phi) is 12.8. The lowest BCUT2D eigenvalue weighted by molar-refractivity contribution is 0.00304. The van der Waals surface area contributed by atoms with Gasteiger partial charge in [0.1, 0.15) is 0 Å². The highest BCUT2D eigenvalue weighted by Crippen LogP contribution is 2.18. The fourth-order valence-corrected chi connectivity index (χ4v) is 2.33. The minimum atomic E-state index is -0.667. The number of aliphatic hydroxyl groups is 3. The molecule has 0 amide bonds. The Balaban J connectivity index is 0.000000547. The van der Waals surface area contributed by atoms with E-state index in [9.17, 15) is 9.59 Å². The number of aliphatic hydroxyl groups excluding tert-OH is 3. The Hall–Kier alpha value is -1.56. The van der Waals surface area contributed by atoms with Crippen LogP contribution in [0, 0.1) is 5.41 Å². The van der Waals surface area contributed by atoms with Crippen LogP contribution in [0.3, 0.4) is 0 Å². The van der Waals surface area contributed by atoms with Crippen molar-refractivity contribution in [3.8, 4) is 0 Å². The van der Waals surface area contributed by atoms with Crippen LogP contribution in [-0.2, 0) is 6.42 Å². The largest absolute Gasteiger partial charge is 0.396 e. The van der Waals surface area contributed by atoms with Crippen LogP contribution >= 0.6 is 0 Å². The zero-order valence-corrected chi connectivity index (χ0v) is 15.4. The van der Waals surface area contributed by atoms with Crippen LogP contribution in [0.5, 0.6) is 0 Å². The highest BCUT2D eigenvalue weighted by Gasteiger charge is 2.24. The first-order chi connectivity index (χ1) is 12.1. The lowest BCUT2D eigenvalue weighted by Crippen LogP contribution is -2.32. The Morgan fingerprint density at radius 2 is 1.56 bits per heavy atom. The average molecular weight is 352 g/mol. The number of benzene rings is 1. The molecule has 0 fully saturated rings. The van der Waals surface area contributed by atoms with E-state index in [-0.39, 0.29) is 19.8 Å². The maximum atomic E-state index is 10.9. The van der Waals surface area contributed by atoms with Crippen molar-refractivity contribution in [2.75, 3.05) is 19.8 Å². The van der Waals surface area contributed by atoms with Gasteiger partial charge in [-0.2, -0.15) is 0 Å². The molecule has 1 rings (SSSR count). The molecule has 0 saturated heterocycles. The predicted molar refractivity (Wildman–Crippen MR) is 99.0 cm³/mol. The van der Waals surface area contributed by atoms with Crippen LogP contribution < -0.4 is 0 Å². The first-order valence-electron chi connectivity index (χ1n) is 8.92. The second-order valence-corrected chi connectivity index (χ2v) is 6.29. The van der Waals surface area contributed by atoms with Crippen LogP contribution in [0.15, 0.2) is 18.2 Å². The van der Waals surface area contributed by atoms with Crippen molar-refractivity contribution in [1.29, 1.82) is 0 Å². The van der Waals surface area contributed by atoms with E-state index < -0.39 is 5.41 Å². The standard InChI is InChI=1S/C14H18O2.C6H14O3/c1-2-3-4-5-7-12-8-6-9-13(10-15)14(12)11-16;1-2-6(3-7,4-8)5-9/h6,8-11H,2-5,7H2,1H3;7-9H,2-5H2,1H3. The van der Waals surface area contributed by atoms with Gasteiger partial charge in [-0.3, -0.25) is 9.59 Å². The second kappa shape index (κ2) is 13.7. The minimum absolute atomic E-state index is 0.156. The third-order valence-corrected chi connectivity index (χ3v) is 4.53. The van der Waals surface area contributed by atoms with E-state index >= 15 is 0 Å². The normalized spacial score (nSPS) is 10.8. The van der Waals surface area contributed by atoms with Crippen molar-refractivity contribution in [1.82, 2.24) is 0 Å². The SMILES string of the molecule is CCC(CO)(CO)CO.CCCCCCc1cccc(C=O)c1C=O. The first-order valence-corrected chi connectivity index (χ1v) is 8.92. The molecule has 0 heterocycles. The van der Waals surface area contributed by atoms with Gasteiger partial charge < -0.3 is 15.3 Å². The molecule has 25 heavy (non-hydrogen) atoms. The Morgan fingerprint density at radius 1 is 0.920 bits per heavy atom. The second-order valence-electron chi connectivity index (χ2n) is 6.29. The van der Waals surface area contributed by atoms with Crippen molar-refractivity contribution in [2.24, 2.45) is 5.41 Å². The molecule has 0 atom stereocenters. The molecule has 0 radical (unpaired) electrons. The van der Waals surface area contributed by atoms with E-state index in [4.69, 9.17) is 15.3 Å². The number of carbonyl (C=O) groups is 2. The molecule has 0 bridgehead atoms. The molecule has 0 aliphatic carbocycles. The van der Waals surface area contributed by atoms with Crippen molar-refractivity contribution in [3.05, 3.63) is 34.9 Å². The van der Waals surface area contributed by atoms with E-state index in [2.05, 4.69) is 6.92 Å². The van der Waals surface area contributed by atoms with E-state index in [0.717, 1.165) is 31.0 Å². The molecule has 1 aromatic rings. The van der Waals surface area contributed by atoms with E-state index in [1.54, 1.807) is 6.07 Å². The zero-order valence-electron chi connectivity index (χ0n) is 15.4. The van der Waals surface area contributed by atoms with E-state index in [0.29, 0.717) is 17.5 Å². The van der Waals surface area contributed by atoms with Crippen molar-refractivity contribution < 1.29 is 24.9 Å². The van der Waals surface area contributed by atoms with Gasteiger partial charge in [-0.25, -0.2) is 0 Å². The molecule has 142 valence electrons. The number of aryl methyl sites for hydroxylation is 1. The number of unbranched alkanes of at least 4 members (excludes halogenated alkanes) is 3. The van der Waals surface area contributed by atoms with Gasteiger partial charge in [0.05, 0.1) is 19.8 Å². The summed E-state index contributed by atoms with van der Waals surface area (Å²) in [6.45, 7) is 3.52. The van der Waals surface area contributed by atoms with E-state index in [1.807, 2.05) is 19.1 Å². The topological polar surface area (TPSA) is 94.8 Å². The number of aldehydes is 2. The summed E-state index contributed by atoms with van der Waals surface area (Å²) in [5, 5.41) is 26.0. The smallest absolute Gasteiger partial charge is 0.151 e. The highest BCUT2D eigenvalue weighted by atomic mass is 16.3. The van der Waals surface area contributed by atoms with Crippen LogP contribution in [0.2, 0.25) is 0 Å². The minimum Gasteiger partial charge on any atom is -0.396 e. The molecule has 0 aliphatic heterocycles. The summed E-state index contributed by atoms with van der Waals surface area (Å²) in [7, 11) is 0. The molecule has 5 heteroatoms. The molecule has 0 saturated carbocycles. The molecular formula is C20H32O5. The summed E-state index contributed by atoms with van der Waals surface area (Å²) >= 11 is 0. The lowest BCUT2D eigenvalue weighted by atomic mass is 9.88. The number of hydrogen-bond donors (Lipinski definition) is 3. The predicted octanol–water partition coefficient (Wildman–Crippen LogP) is 2.79. The summed E-state index contributed by atoms with van der Waals surface area (Å²) < 4.78 is 0. The maximum Gasteiger partial charge on any atom is 0.151 e. The van der Waals surface area contributed by atoms with Gasteiger partial charge in [-0.1, -0.05) is 51.3 Å². The van der Waals surface area contributed by atoms with Gasteiger partial charge in [0.2, 0.25) is 0 Å². The molecule has 5 nitrogen and oxygen atoms in total. The van der Waals surface area contributed by atoms with Gasteiger partial charge in [-0.15, -0.1) is 0 Å². The fourth-order valence-electron chi connectivity index (χ4n) is 2.33. The third kappa shape index (κ3) is 7.90. The monoisotopic (exact) mass is 352 g/mol. The van der Waals surface area contributed by atoms with Crippen molar-refractivity contribution in [2.45, 2.75) is 52.4 Å². The lowest BCUT2D eigenvalue weighted by Gasteiger charge is -2.24. The summed E-state index contributed by atoms with van der Waals surface area (Å²) in [5.74, 6) is 0. The molecular weight excluding hydrogens is 320 g/mol. The average Bonchev–Trinajstić information content (AvgIpc) is 2.67. The van der Waals surface area contributed by atoms with Crippen molar-refractivity contribution >= 4 is 12.6 Å². The summed E-state index contributed by atoms with van der Waals surface area (Å²) in [6.07, 6.45) is 7.71. The summed E-state index contributed by atoms with van der Waals surface area (Å²) in [6, 6.07) is 5.46. The van der Waals surface area contributed by atoms with E-state index in [1.165, 1.54) is 19.3 Å². The van der Waals surface area contributed by atoms with Crippen LogP contribution in [0.25, 0.3) is 0 Å². The number of hydrogen-bond acceptors (Lipinski definition) is 5. The highest BCUT2D eigenvalue weighted by molar-refractivity contribution is 5.91. The molecule has 0 unspecified atom stereocenters. The summed E-state index contributed by atoms with van der Waals surface area (Å²) in [5.41, 5.74) is 1.40. The molecule has 3 N–H and O–H groups in total. The van der Waals surface area contributed by atoms with Gasteiger partial charge in [0.15, 0.2) is 12.6 Å². The molecule has 0 aromatic heterocycles. The molecule has 1 aromatic carbocycles. The molecule has 0 spiro atoms. The third-order valence-electron chi connectivity index (χ3n) is 4.53. The van der Waals surface area contributed by atoms with Crippen LogP contribution in [0.1, 0.15) is 72.2 Å². The van der Waals surface area contributed by atoms with Crippen LogP contribution in [-0.4, -0.2) is 47.7 Å². The Morgan fingerprint density at radius 3 is 1.96 bits per heavy atom. The molecule has 0 aliphatic rings. The first kappa shape index (κ1) is 23.4. The van der Waals surface area contributed by atoms with Gasteiger partial charge in [0.25, 0.3) is 0 Å². The number of carbonyl (C=O) groups excluding carboxylic acids is 2. The van der Waals surface area contributed by atoms with Crippen molar-refractivity contribution in [3.63, 3.8) is 0 Å². The zero-order chi connectivity index (χ0) is 19.1. The number of rotatable bonds is 11. The Labute approximate surface area is 150 Å². The Bertz CT molecular complexity index is 477. The van der Waals surface area contributed by atoms with Gasteiger partial charge in [-0.05, 0) is 24.8 Å². The van der Waals surface area contributed by atoms with Gasteiger partial charge >= 0.3 is 0 Å². The maximum absolute atomic E-state index is 10.9. The summed E-state index contributed by atoms with van der Waals surface area (Å²) in [4.78, 5) is 21.7. The quantitative estimate of drug-likeness (QED) is 0.420. The van der Waals surface area contributed by atoms with Crippen LogP contribution in [0.4, 0.5) is 0 Å². The fraction of sp³-hybridized carbons (Fsp3) is 0.600. The van der Waals surface area contributed by atoms with Gasteiger partial charge in [0, 0.05) is 16.5 Å².